The van der Waals surface area contributed by atoms with Gasteiger partial charge in [-0.25, -0.2) is 4.79 Å². The number of rotatable bonds is 3. The van der Waals surface area contributed by atoms with Crippen LogP contribution in [0.3, 0.4) is 0 Å². The highest BCUT2D eigenvalue weighted by Gasteiger charge is 2.31. The van der Waals surface area contributed by atoms with Crippen molar-refractivity contribution in [2.75, 3.05) is 13.2 Å². The Morgan fingerprint density at radius 2 is 2.21 bits per heavy atom. The molecule has 0 aliphatic carbocycles. The minimum Gasteiger partial charge on any atom is -0.481 e. The van der Waals surface area contributed by atoms with E-state index in [0.717, 1.165) is 6.42 Å². The lowest BCUT2D eigenvalue weighted by Gasteiger charge is -2.33. The topological polar surface area (TPSA) is 66.8 Å². The normalized spacial score (nSPS) is 21.3. The molecule has 80 valence electrons. The number of cyclic esters (lactones) is 1. The second-order valence-corrected chi connectivity index (χ2v) is 3.53. The van der Waals surface area contributed by atoms with E-state index >= 15 is 0 Å². The average molecular weight is 201 g/mol. The van der Waals surface area contributed by atoms with Gasteiger partial charge in [-0.1, -0.05) is 0 Å². The van der Waals surface area contributed by atoms with Gasteiger partial charge >= 0.3 is 12.1 Å². The van der Waals surface area contributed by atoms with Gasteiger partial charge in [0.15, 0.2) is 0 Å². The molecular weight excluding hydrogens is 186 g/mol. The smallest absolute Gasteiger partial charge is 0.410 e. The molecule has 1 rings (SSSR count). The Morgan fingerprint density at radius 1 is 1.57 bits per heavy atom. The number of amides is 1. The molecule has 1 aliphatic heterocycles. The second kappa shape index (κ2) is 4.30. The maximum atomic E-state index is 11.3. The third kappa shape index (κ3) is 2.16. The summed E-state index contributed by atoms with van der Waals surface area (Å²) in [5.74, 6) is -1.46. The fourth-order valence-corrected chi connectivity index (χ4v) is 1.41. The van der Waals surface area contributed by atoms with Crippen molar-refractivity contribution in [1.29, 1.82) is 0 Å². The van der Waals surface area contributed by atoms with Crippen molar-refractivity contribution < 1.29 is 19.4 Å². The third-order valence-electron chi connectivity index (χ3n) is 2.61. The van der Waals surface area contributed by atoms with Crippen molar-refractivity contribution in [3.63, 3.8) is 0 Å². The Bertz CT molecular complexity index is 241. The van der Waals surface area contributed by atoms with E-state index in [4.69, 9.17) is 9.84 Å². The van der Waals surface area contributed by atoms with E-state index in [-0.39, 0.29) is 6.04 Å². The number of aliphatic carboxylic acids is 1. The molecule has 5 heteroatoms. The van der Waals surface area contributed by atoms with E-state index in [2.05, 4.69) is 0 Å². The van der Waals surface area contributed by atoms with Gasteiger partial charge in [0.2, 0.25) is 0 Å². The molecule has 0 radical (unpaired) electrons. The van der Waals surface area contributed by atoms with Crippen molar-refractivity contribution in [3.05, 3.63) is 0 Å². The van der Waals surface area contributed by atoms with E-state index in [1.54, 1.807) is 13.8 Å². The van der Waals surface area contributed by atoms with Crippen molar-refractivity contribution in [2.45, 2.75) is 26.3 Å². The van der Waals surface area contributed by atoms with Gasteiger partial charge < -0.3 is 14.7 Å². The Labute approximate surface area is 82.6 Å². The molecule has 0 spiro atoms. The van der Waals surface area contributed by atoms with Crippen molar-refractivity contribution in [2.24, 2.45) is 5.92 Å². The lowest BCUT2D eigenvalue weighted by atomic mass is 10.0. The van der Waals surface area contributed by atoms with Gasteiger partial charge in [-0.15, -0.1) is 0 Å². The molecule has 0 aromatic rings. The summed E-state index contributed by atoms with van der Waals surface area (Å²) >= 11 is 0. The number of carboxylic acids is 1. The lowest BCUT2D eigenvalue weighted by molar-refractivity contribution is -0.143. The predicted molar refractivity (Wildman–Crippen MR) is 48.9 cm³/mol. The summed E-state index contributed by atoms with van der Waals surface area (Å²) in [5, 5.41) is 8.79. The molecule has 0 aromatic carbocycles. The number of carboxylic acid groups (broad SMARTS) is 1. The Balaban J connectivity index is 2.62. The highest BCUT2D eigenvalue weighted by atomic mass is 16.6. The summed E-state index contributed by atoms with van der Waals surface area (Å²) in [6.45, 7) is 4.33. The van der Waals surface area contributed by atoms with Gasteiger partial charge in [0.05, 0.1) is 12.5 Å². The van der Waals surface area contributed by atoms with Crippen LogP contribution in [0, 0.1) is 5.92 Å². The molecule has 5 nitrogen and oxygen atoms in total. The summed E-state index contributed by atoms with van der Waals surface area (Å²) in [6, 6.07) is -0.319. The zero-order valence-corrected chi connectivity index (χ0v) is 8.40. The predicted octanol–water partition coefficient (Wildman–Crippen LogP) is 0.938. The minimum absolute atomic E-state index is 0.319. The molecule has 2 atom stereocenters. The first kappa shape index (κ1) is 10.8. The first-order chi connectivity index (χ1) is 6.54. The summed E-state index contributed by atoms with van der Waals surface area (Å²) in [6.07, 6.45) is 0.361. The second-order valence-electron chi connectivity index (χ2n) is 3.53. The fourth-order valence-electron chi connectivity index (χ4n) is 1.41. The van der Waals surface area contributed by atoms with Gasteiger partial charge in [-0.2, -0.15) is 0 Å². The molecule has 1 N–H and O–H groups in total. The first-order valence-corrected chi connectivity index (χ1v) is 4.70. The number of nitrogens with zero attached hydrogens (tertiary/aromatic N) is 1. The Morgan fingerprint density at radius 3 is 2.71 bits per heavy atom. The first-order valence-electron chi connectivity index (χ1n) is 4.70. The van der Waals surface area contributed by atoms with Crippen LogP contribution in [0.5, 0.6) is 0 Å². The largest absolute Gasteiger partial charge is 0.481 e. The molecule has 2 unspecified atom stereocenters. The highest BCUT2D eigenvalue weighted by molar-refractivity contribution is 5.73. The van der Waals surface area contributed by atoms with E-state index in [1.165, 1.54) is 4.90 Å². The van der Waals surface area contributed by atoms with Gasteiger partial charge in [-0.3, -0.25) is 4.79 Å². The lowest BCUT2D eigenvalue weighted by Crippen LogP contribution is -2.47. The van der Waals surface area contributed by atoms with Crippen molar-refractivity contribution in [1.82, 2.24) is 4.90 Å². The molecule has 1 saturated heterocycles. The zero-order chi connectivity index (χ0) is 10.7. The number of carbonyl (C=O) groups is 2. The summed E-state index contributed by atoms with van der Waals surface area (Å²) in [5.41, 5.74) is 0. The Hall–Kier alpha value is -1.26. The molecule has 0 aromatic heterocycles. The van der Waals surface area contributed by atoms with Crippen molar-refractivity contribution in [3.8, 4) is 0 Å². The highest BCUT2D eigenvalue weighted by Crippen LogP contribution is 2.15. The van der Waals surface area contributed by atoms with Crippen LogP contribution in [0.1, 0.15) is 20.3 Å². The summed E-state index contributed by atoms with van der Waals surface area (Å²) in [7, 11) is 0. The standard InChI is InChI=1S/C9H15NO4/c1-6(8(11)12)7(2)10-4-3-5-14-9(10)13/h6-7H,3-5H2,1-2H3,(H,11,12). The van der Waals surface area contributed by atoms with Crippen LogP contribution in [-0.4, -0.2) is 41.3 Å². The number of ether oxygens (including phenoxy) is 1. The Kier molecular flexibility index (Phi) is 3.33. The van der Waals surface area contributed by atoms with Gasteiger partial charge in [0, 0.05) is 12.6 Å². The zero-order valence-electron chi connectivity index (χ0n) is 8.40. The maximum Gasteiger partial charge on any atom is 0.410 e. The summed E-state index contributed by atoms with van der Waals surface area (Å²) in [4.78, 5) is 23.5. The average Bonchev–Trinajstić information content (AvgIpc) is 2.16. The maximum absolute atomic E-state index is 11.3. The number of hydrogen-bond acceptors (Lipinski definition) is 3. The minimum atomic E-state index is -0.893. The van der Waals surface area contributed by atoms with Crippen LogP contribution in [0.2, 0.25) is 0 Å². The van der Waals surface area contributed by atoms with Gasteiger partial charge in [-0.05, 0) is 20.3 Å². The number of hydrogen-bond donors (Lipinski definition) is 1. The van der Waals surface area contributed by atoms with Gasteiger partial charge in [0.1, 0.15) is 0 Å². The molecule has 0 bridgehead atoms. The molecule has 14 heavy (non-hydrogen) atoms. The third-order valence-corrected chi connectivity index (χ3v) is 2.61. The van der Waals surface area contributed by atoms with Gasteiger partial charge in [0.25, 0.3) is 0 Å². The van der Waals surface area contributed by atoms with Crippen LogP contribution < -0.4 is 0 Å². The van der Waals surface area contributed by atoms with Crippen LogP contribution >= 0.6 is 0 Å². The molecule has 1 amide bonds. The summed E-state index contributed by atoms with van der Waals surface area (Å²) < 4.78 is 4.84. The molecule has 0 saturated carbocycles. The van der Waals surface area contributed by atoms with E-state index in [9.17, 15) is 9.59 Å². The van der Waals surface area contributed by atoms with Crippen molar-refractivity contribution >= 4 is 12.1 Å². The van der Waals surface area contributed by atoms with Crippen LogP contribution in [0.4, 0.5) is 4.79 Å². The quantitative estimate of drug-likeness (QED) is 0.737. The number of carbonyl (C=O) groups excluding carboxylic acids is 1. The van der Waals surface area contributed by atoms with E-state index in [0.29, 0.717) is 13.2 Å². The molecular formula is C9H15NO4. The monoisotopic (exact) mass is 201 g/mol. The van der Waals surface area contributed by atoms with Crippen LogP contribution in [-0.2, 0) is 9.53 Å². The van der Waals surface area contributed by atoms with E-state index < -0.39 is 18.0 Å². The SMILES string of the molecule is CC(C(=O)O)C(C)N1CCCOC1=O. The van der Waals surface area contributed by atoms with E-state index in [1.807, 2.05) is 0 Å². The molecule has 1 heterocycles. The fraction of sp³-hybridized carbons (Fsp3) is 0.778. The molecule has 1 aliphatic rings. The van der Waals surface area contributed by atoms with Crippen LogP contribution in [0.25, 0.3) is 0 Å². The molecule has 1 fully saturated rings. The van der Waals surface area contributed by atoms with Crippen LogP contribution in [0.15, 0.2) is 0 Å².